The SMILES string of the molecule is CN1C(=N)[C@@](C)(c2cccc(Cl)c2)N(C)C1=O. The number of carbonyl (C=O) groups excluding carboxylic acids is 1. The zero-order valence-corrected chi connectivity index (χ0v) is 10.7. The largest absolute Gasteiger partial charge is 0.326 e. The Balaban J connectivity index is 2.56. The zero-order chi connectivity index (χ0) is 12.8. The summed E-state index contributed by atoms with van der Waals surface area (Å²) >= 11 is 5.97. The molecule has 1 aliphatic rings. The highest BCUT2D eigenvalue weighted by Crippen LogP contribution is 2.36. The van der Waals surface area contributed by atoms with E-state index in [0.717, 1.165) is 5.56 Å². The molecule has 1 atom stereocenters. The van der Waals surface area contributed by atoms with E-state index in [1.165, 1.54) is 4.90 Å². The van der Waals surface area contributed by atoms with E-state index >= 15 is 0 Å². The van der Waals surface area contributed by atoms with Crippen LogP contribution in [0.5, 0.6) is 0 Å². The van der Waals surface area contributed by atoms with Crippen LogP contribution < -0.4 is 0 Å². The van der Waals surface area contributed by atoms with Crippen LogP contribution in [0, 0.1) is 5.41 Å². The maximum absolute atomic E-state index is 11.9. The fraction of sp³-hybridized carbons (Fsp3) is 0.333. The van der Waals surface area contributed by atoms with Crippen molar-refractivity contribution in [1.29, 1.82) is 5.41 Å². The van der Waals surface area contributed by atoms with Crippen molar-refractivity contribution < 1.29 is 4.79 Å². The van der Waals surface area contributed by atoms with Gasteiger partial charge >= 0.3 is 6.03 Å². The third kappa shape index (κ3) is 1.52. The summed E-state index contributed by atoms with van der Waals surface area (Å²) in [4.78, 5) is 14.8. The lowest BCUT2D eigenvalue weighted by atomic mass is 9.90. The summed E-state index contributed by atoms with van der Waals surface area (Å²) in [6.45, 7) is 1.85. The van der Waals surface area contributed by atoms with Crippen LogP contribution in [0.15, 0.2) is 24.3 Å². The standard InChI is InChI=1S/C12H14ClN3O/c1-12(8-5-4-6-9(13)7-8)10(14)15(2)11(17)16(12)3/h4-7,14H,1-3H3/t12-/m1/s1. The second-order valence-electron chi connectivity index (χ2n) is 4.33. The highest BCUT2D eigenvalue weighted by Gasteiger charge is 2.49. The van der Waals surface area contributed by atoms with E-state index in [0.29, 0.717) is 5.02 Å². The molecule has 0 spiro atoms. The first-order chi connectivity index (χ1) is 7.89. The van der Waals surface area contributed by atoms with Crippen molar-refractivity contribution in [2.75, 3.05) is 14.1 Å². The molecule has 4 nitrogen and oxygen atoms in total. The first kappa shape index (κ1) is 11.9. The van der Waals surface area contributed by atoms with Crippen molar-refractivity contribution >= 4 is 23.5 Å². The van der Waals surface area contributed by atoms with Crippen molar-refractivity contribution in [2.24, 2.45) is 0 Å². The van der Waals surface area contributed by atoms with Gasteiger partial charge in [-0.25, -0.2) is 4.79 Å². The molecule has 0 saturated carbocycles. The summed E-state index contributed by atoms with van der Waals surface area (Å²) < 4.78 is 0. The molecule has 90 valence electrons. The Morgan fingerprint density at radius 3 is 2.47 bits per heavy atom. The van der Waals surface area contributed by atoms with Gasteiger partial charge in [0.05, 0.1) is 0 Å². The first-order valence-corrected chi connectivity index (χ1v) is 5.63. The van der Waals surface area contributed by atoms with Gasteiger partial charge < -0.3 is 4.90 Å². The molecule has 0 aliphatic carbocycles. The molecule has 1 aromatic rings. The van der Waals surface area contributed by atoms with Crippen molar-refractivity contribution in [3.05, 3.63) is 34.9 Å². The number of nitrogens with zero attached hydrogens (tertiary/aromatic N) is 2. The summed E-state index contributed by atoms with van der Waals surface area (Å²) in [6, 6.07) is 7.09. The van der Waals surface area contributed by atoms with Gasteiger partial charge in [0.2, 0.25) is 0 Å². The van der Waals surface area contributed by atoms with Crippen LogP contribution in [0.3, 0.4) is 0 Å². The minimum absolute atomic E-state index is 0.183. The molecule has 1 saturated heterocycles. The summed E-state index contributed by atoms with van der Waals surface area (Å²) in [6.07, 6.45) is 0. The molecular formula is C12H14ClN3O. The van der Waals surface area contributed by atoms with Crippen molar-refractivity contribution in [3.8, 4) is 0 Å². The van der Waals surface area contributed by atoms with Crippen LogP contribution in [-0.4, -0.2) is 35.8 Å². The van der Waals surface area contributed by atoms with Gasteiger partial charge in [-0.1, -0.05) is 23.7 Å². The van der Waals surface area contributed by atoms with E-state index in [1.807, 2.05) is 19.1 Å². The third-order valence-corrected chi connectivity index (χ3v) is 3.66. The van der Waals surface area contributed by atoms with Crippen LogP contribution >= 0.6 is 11.6 Å². The van der Waals surface area contributed by atoms with Crippen LogP contribution in [0.1, 0.15) is 12.5 Å². The van der Waals surface area contributed by atoms with Crippen LogP contribution in [0.2, 0.25) is 5.02 Å². The number of likely N-dealkylation sites (N-methyl/N-ethyl adjacent to an activating group) is 2. The Labute approximate surface area is 105 Å². The number of amidine groups is 1. The van der Waals surface area contributed by atoms with E-state index in [4.69, 9.17) is 17.0 Å². The van der Waals surface area contributed by atoms with Crippen LogP contribution in [0.25, 0.3) is 0 Å². The average Bonchev–Trinajstić information content (AvgIpc) is 2.46. The third-order valence-electron chi connectivity index (χ3n) is 3.43. The molecule has 1 fully saturated rings. The number of urea groups is 1. The Kier molecular flexibility index (Phi) is 2.62. The molecule has 1 N–H and O–H groups in total. The number of nitrogens with one attached hydrogen (secondary N) is 1. The van der Waals surface area contributed by atoms with E-state index in [-0.39, 0.29) is 11.9 Å². The minimum Gasteiger partial charge on any atom is -0.311 e. The normalized spacial score (nSPS) is 24.7. The highest BCUT2D eigenvalue weighted by molar-refractivity contribution is 6.30. The number of amides is 2. The fourth-order valence-electron chi connectivity index (χ4n) is 2.12. The lowest BCUT2D eigenvalue weighted by Crippen LogP contribution is -2.41. The molecule has 5 heteroatoms. The van der Waals surface area contributed by atoms with Gasteiger partial charge in [0.25, 0.3) is 0 Å². The zero-order valence-electron chi connectivity index (χ0n) is 9.99. The Hall–Kier alpha value is -1.55. The molecule has 2 amide bonds. The summed E-state index contributed by atoms with van der Waals surface area (Å²) in [5, 5.41) is 8.70. The fourth-order valence-corrected chi connectivity index (χ4v) is 2.31. The molecule has 2 rings (SSSR count). The number of benzene rings is 1. The molecule has 0 unspecified atom stereocenters. The predicted octanol–water partition coefficient (Wildman–Crippen LogP) is 2.53. The van der Waals surface area contributed by atoms with E-state index in [2.05, 4.69) is 0 Å². The molecule has 1 heterocycles. The van der Waals surface area contributed by atoms with Crippen molar-refractivity contribution in [2.45, 2.75) is 12.5 Å². The first-order valence-electron chi connectivity index (χ1n) is 5.25. The summed E-state index contributed by atoms with van der Waals surface area (Å²) in [5.74, 6) is 0.257. The van der Waals surface area contributed by atoms with Gasteiger partial charge in [0.1, 0.15) is 11.4 Å². The molecule has 1 aliphatic heterocycles. The monoisotopic (exact) mass is 251 g/mol. The minimum atomic E-state index is -0.753. The van der Waals surface area contributed by atoms with Gasteiger partial charge in [-0.3, -0.25) is 10.3 Å². The number of carbonyl (C=O) groups is 1. The number of rotatable bonds is 1. The Morgan fingerprint density at radius 2 is 2.00 bits per heavy atom. The summed E-state index contributed by atoms with van der Waals surface area (Å²) in [7, 11) is 3.30. The number of hydrogen-bond acceptors (Lipinski definition) is 2. The predicted molar refractivity (Wildman–Crippen MR) is 67.5 cm³/mol. The maximum atomic E-state index is 11.9. The molecule has 0 aromatic heterocycles. The van der Waals surface area contributed by atoms with E-state index in [1.54, 1.807) is 31.1 Å². The van der Waals surface area contributed by atoms with E-state index < -0.39 is 5.54 Å². The van der Waals surface area contributed by atoms with Crippen molar-refractivity contribution in [3.63, 3.8) is 0 Å². The molecule has 0 bridgehead atoms. The van der Waals surface area contributed by atoms with Crippen molar-refractivity contribution in [1.82, 2.24) is 9.80 Å². The van der Waals surface area contributed by atoms with E-state index in [9.17, 15) is 4.79 Å². The molecular weight excluding hydrogens is 238 g/mol. The summed E-state index contributed by atoms with van der Waals surface area (Å²) in [5.41, 5.74) is 0.0895. The molecule has 0 radical (unpaired) electrons. The smallest absolute Gasteiger partial charge is 0.311 e. The van der Waals surface area contributed by atoms with Gasteiger partial charge in [0, 0.05) is 19.1 Å². The number of hydrogen-bond donors (Lipinski definition) is 1. The quantitative estimate of drug-likeness (QED) is 0.819. The van der Waals surface area contributed by atoms with Gasteiger partial charge in [0.15, 0.2) is 0 Å². The highest BCUT2D eigenvalue weighted by atomic mass is 35.5. The number of halogens is 1. The second kappa shape index (κ2) is 3.74. The average molecular weight is 252 g/mol. The molecule has 1 aromatic carbocycles. The van der Waals surface area contributed by atoms with Crippen LogP contribution in [0.4, 0.5) is 4.79 Å². The van der Waals surface area contributed by atoms with Gasteiger partial charge in [-0.2, -0.15) is 0 Å². The Bertz CT molecular complexity index is 502. The lowest BCUT2D eigenvalue weighted by molar-refractivity contribution is 0.187. The van der Waals surface area contributed by atoms with Gasteiger partial charge in [-0.15, -0.1) is 0 Å². The second-order valence-corrected chi connectivity index (χ2v) is 4.77. The van der Waals surface area contributed by atoms with Gasteiger partial charge in [-0.05, 0) is 24.6 Å². The topological polar surface area (TPSA) is 47.4 Å². The molecule has 17 heavy (non-hydrogen) atoms. The lowest BCUT2D eigenvalue weighted by Gasteiger charge is -2.30. The Morgan fingerprint density at radius 1 is 1.35 bits per heavy atom. The maximum Gasteiger partial charge on any atom is 0.326 e. The van der Waals surface area contributed by atoms with Crippen LogP contribution in [-0.2, 0) is 5.54 Å².